The number of H-pyrrole nitrogens is 1. The van der Waals surface area contributed by atoms with Crippen LogP contribution in [0, 0.1) is 6.92 Å². The van der Waals surface area contributed by atoms with E-state index < -0.39 is 0 Å². The molecule has 0 aliphatic heterocycles. The Morgan fingerprint density at radius 3 is 2.02 bits per heavy atom. The summed E-state index contributed by atoms with van der Waals surface area (Å²) in [5.41, 5.74) is 8.16. The highest BCUT2D eigenvalue weighted by Gasteiger charge is 2.17. The van der Waals surface area contributed by atoms with Crippen molar-refractivity contribution in [3.63, 3.8) is 0 Å². The van der Waals surface area contributed by atoms with Crippen LogP contribution in [0.2, 0.25) is 0 Å². The third-order valence-electron chi connectivity index (χ3n) is 7.73. The first-order chi connectivity index (χ1) is 22.0. The topological polar surface area (TPSA) is 79.2 Å². The Morgan fingerprint density at radius 1 is 0.644 bits per heavy atom. The molecule has 5 aromatic carbocycles. The Kier molecular flexibility index (Phi) is 7.37. The van der Waals surface area contributed by atoms with Crippen molar-refractivity contribution in [3.05, 3.63) is 156 Å². The average molecular weight is 583 g/mol. The van der Waals surface area contributed by atoms with E-state index >= 15 is 0 Å². The largest absolute Gasteiger partial charge is 0.354 e. The summed E-state index contributed by atoms with van der Waals surface area (Å²) >= 11 is 0. The third-order valence-corrected chi connectivity index (χ3v) is 7.73. The molecule has 0 aliphatic rings. The van der Waals surface area contributed by atoms with E-state index in [9.17, 15) is 0 Å². The minimum absolute atomic E-state index is 0.605. The fourth-order valence-electron chi connectivity index (χ4n) is 5.55. The van der Waals surface area contributed by atoms with Gasteiger partial charge in [0.2, 0.25) is 0 Å². The molecule has 7 rings (SSSR count). The number of nitrogens with one attached hydrogen (secondary N) is 1. The molecular weight excluding hydrogens is 552 g/mol. The number of amidine groups is 1. The van der Waals surface area contributed by atoms with Gasteiger partial charge in [-0.05, 0) is 31.5 Å². The van der Waals surface area contributed by atoms with Crippen LogP contribution in [0.15, 0.2) is 144 Å². The Morgan fingerprint density at radius 2 is 1.29 bits per heavy atom. The van der Waals surface area contributed by atoms with E-state index in [2.05, 4.69) is 46.9 Å². The van der Waals surface area contributed by atoms with Crippen molar-refractivity contribution in [2.75, 3.05) is 0 Å². The summed E-state index contributed by atoms with van der Waals surface area (Å²) in [6.07, 6.45) is 0. The summed E-state index contributed by atoms with van der Waals surface area (Å²) in [6, 6.07) is 42.5. The zero-order valence-electron chi connectivity index (χ0n) is 25.1. The molecule has 0 atom stereocenters. The minimum atomic E-state index is 0.605. The highest BCUT2D eigenvalue weighted by atomic mass is 15.0. The van der Waals surface area contributed by atoms with Gasteiger partial charge in [0, 0.05) is 44.3 Å². The lowest BCUT2D eigenvalue weighted by molar-refractivity contribution is 0.993. The van der Waals surface area contributed by atoms with Crippen LogP contribution in [0.25, 0.3) is 50.3 Å². The molecular formula is C39H30N6. The fourth-order valence-corrected chi connectivity index (χ4v) is 5.55. The molecule has 0 aliphatic carbocycles. The molecule has 216 valence electrons. The van der Waals surface area contributed by atoms with Crippen LogP contribution in [0.3, 0.4) is 0 Å². The number of nitrogens with zero attached hydrogens (tertiary/aromatic N) is 5. The van der Waals surface area contributed by atoms with Gasteiger partial charge in [0.15, 0.2) is 17.5 Å². The molecule has 7 aromatic rings. The van der Waals surface area contributed by atoms with E-state index in [4.69, 9.17) is 20.0 Å². The number of fused-ring (bicyclic) bond motifs is 3. The maximum absolute atomic E-state index is 5.04. The van der Waals surface area contributed by atoms with Gasteiger partial charge in [0.1, 0.15) is 5.82 Å². The first kappa shape index (κ1) is 27.8. The molecule has 0 fully saturated rings. The molecule has 6 nitrogen and oxygen atoms in total. The summed E-state index contributed by atoms with van der Waals surface area (Å²) in [5.74, 6) is 2.53. The van der Waals surface area contributed by atoms with Crippen LogP contribution in [-0.4, -0.2) is 31.5 Å². The monoisotopic (exact) mass is 582 g/mol. The zero-order valence-corrected chi connectivity index (χ0v) is 25.1. The van der Waals surface area contributed by atoms with Crippen LogP contribution in [0.5, 0.6) is 0 Å². The Bertz CT molecular complexity index is 2230. The van der Waals surface area contributed by atoms with Crippen LogP contribution >= 0.6 is 0 Å². The van der Waals surface area contributed by atoms with Gasteiger partial charge in [0.05, 0.1) is 11.2 Å². The van der Waals surface area contributed by atoms with Crippen molar-refractivity contribution in [2.24, 2.45) is 9.98 Å². The van der Waals surface area contributed by atoms with Crippen molar-refractivity contribution in [1.29, 1.82) is 0 Å². The maximum atomic E-state index is 5.04. The quantitative estimate of drug-likeness (QED) is 0.157. The molecule has 0 saturated carbocycles. The number of benzene rings is 5. The number of para-hydroxylation sites is 1. The number of hydrogen-bond acceptors (Lipinski definition) is 4. The fraction of sp³-hybridized carbons (Fsp3) is 0.0513. The summed E-state index contributed by atoms with van der Waals surface area (Å²) in [5, 5.41) is 2.08. The lowest BCUT2D eigenvalue weighted by Gasteiger charge is -2.09. The molecule has 0 radical (unpaired) electrons. The van der Waals surface area contributed by atoms with E-state index in [1.54, 1.807) is 0 Å². The van der Waals surface area contributed by atoms with Gasteiger partial charge in [-0.3, -0.25) is 0 Å². The Labute approximate surface area is 261 Å². The number of hydrogen-bond donors (Lipinski definition) is 1. The molecule has 2 heterocycles. The van der Waals surface area contributed by atoms with Crippen molar-refractivity contribution in [3.8, 4) is 22.8 Å². The second-order valence-electron chi connectivity index (χ2n) is 10.8. The first-order valence-electron chi connectivity index (χ1n) is 14.8. The molecule has 2 aromatic heterocycles. The van der Waals surface area contributed by atoms with E-state index in [-0.39, 0.29) is 0 Å². The Balaban J connectivity index is 1.36. The van der Waals surface area contributed by atoms with Gasteiger partial charge in [-0.25, -0.2) is 24.9 Å². The predicted molar refractivity (Wildman–Crippen MR) is 185 cm³/mol. The highest BCUT2D eigenvalue weighted by Crippen LogP contribution is 2.36. The molecule has 0 saturated heterocycles. The molecule has 0 unspecified atom stereocenters. The van der Waals surface area contributed by atoms with Gasteiger partial charge in [-0.2, -0.15) is 0 Å². The maximum Gasteiger partial charge on any atom is 0.165 e. The first-order valence-corrected chi connectivity index (χ1v) is 14.8. The molecule has 0 amide bonds. The van der Waals surface area contributed by atoms with Crippen molar-refractivity contribution in [1.82, 2.24) is 19.9 Å². The van der Waals surface area contributed by atoms with Gasteiger partial charge in [-0.15, -0.1) is 0 Å². The van der Waals surface area contributed by atoms with E-state index in [1.165, 1.54) is 0 Å². The summed E-state index contributed by atoms with van der Waals surface area (Å²) in [7, 11) is 0. The average Bonchev–Trinajstić information content (AvgIpc) is 3.48. The SMILES string of the molecule is C=C(N=C(N=C(C)c1ccccc1)c1ccccc1)c1cccc2[nH]c3c(-c4nc(C)nc(-c5ccccc5)n4)cccc3c12. The summed E-state index contributed by atoms with van der Waals surface area (Å²) in [6.45, 7) is 8.34. The second kappa shape index (κ2) is 11.9. The van der Waals surface area contributed by atoms with Gasteiger partial charge in [0.25, 0.3) is 0 Å². The van der Waals surface area contributed by atoms with Gasteiger partial charge >= 0.3 is 0 Å². The van der Waals surface area contributed by atoms with Gasteiger partial charge < -0.3 is 4.98 Å². The summed E-state index contributed by atoms with van der Waals surface area (Å²) in [4.78, 5) is 27.9. The number of rotatable bonds is 6. The van der Waals surface area contributed by atoms with Crippen molar-refractivity contribution < 1.29 is 0 Å². The molecule has 0 spiro atoms. The van der Waals surface area contributed by atoms with E-state index in [0.717, 1.165) is 55.3 Å². The number of aromatic nitrogens is 4. The van der Waals surface area contributed by atoms with Gasteiger partial charge in [-0.1, -0.05) is 122 Å². The molecule has 1 N–H and O–H groups in total. The van der Waals surface area contributed by atoms with Crippen LogP contribution in [0.1, 0.15) is 29.4 Å². The van der Waals surface area contributed by atoms with Crippen LogP contribution in [0.4, 0.5) is 0 Å². The lowest BCUT2D eigenvalue weighted by atomic mass is 10.0. The smallest absolute Gasteiger partial charge is 0.165 e. The van der Waals surface area contributed by atoms with Crippen molar-refractivity contribution >= 4 is 39.1 Å². The molecule has 45 heavy (non-hydrogen) atoms. The van der Waals surface area contributed by atoms with Crippen LogP contribution < -0.4 is 0 Å². The zero-order chi connectivity index (χ0) is 30.8. The summed E-state index contributed by atoms with van der Waals surface area (Å²) < 4.78 is 0. The van der Waals surface area contributed by atoms with E-state index in [0.29, 0.717) is 29.0 Å². The number of aromatic amines is 1. The standard InChI is InChI=1S/C39H30N6/c1-25(28-15-7-4-8-16-28)40-37(29-17-9-5-10-18-29)41-26(2)31-21-14-24-34-35(31)32-22-13-23-33(36(32)44-34)39-43-27(3)42-38(45-39)30-19-11-6-12-20-30/h4-24,44H,2H2,1,3H3. The lowest BCUT2D eigenvalue weighted by Crippen LogP contribution is -2.04. The number of aryl methyl sites for hydroxylation is 1. The normalized spacial score (nSPS) is 12.1. The third kappa shape index (κ3) is 5.57. The molecule has 0 bridgehead atoms. The van der Waals surface area contributed by atoms with Crippen molar-refractivity contribution in [2.45, 2.75) is 13.8 Å². The van der Waals surface area contributed by atoms with E-state index in [1.807, 2.05) is 111 Å². The number of aliphatic imine (C=N–C) groups is 2. The Hall–Kier alpha value is -6.01. The highest BCUT2D eigenvalue weighted by molar-refractivity contribution is 6.17. The van der Waals surface area contributed by atoms with Crippen LogP contribution in [-0.2, 0) is 0 Å². The predicted octanol–water partition coefficient (Wildman–Crippen LogP) is 9.08. The second-order valence-corrected chi connectivity index (χ2v) is 10.8. The minimum Gasteiger partial charge on any atom is -0.354 e. The molecule has 6 heteroatoms.